The molecule has 0 radical (unpaired) electrons. The highest BCUT2D eigenvalue weighted by Crippen LogP contribution is 2.48. The Labute approximate surface area is 73.3 Å². The Morgan fingerprint density at radius 1 is 1.67 bits per heavy atom. The molecule has 0 aromatic carbocycles. The molecular weight excluding hydrogens is 152 g/mol. The van der Waals surface area contributed by atoms with Crippen molar-refractivity contribution in [1.82, 2.24) is 0 Å². The van der Waals surface area contributed by atoms with Gasteiger partial charge < -0.3 is 4.74 Å². The summed E-state index contributed by atoms with van der Waals surface area (Å²) in [4.78, 5) is 11.1. The van der Waals surface area contributed by atoms with E-state index < -0.39 is 0 Å². The molecule has 1 aliphatic carbocycles. The third-order valence-corrected chi connectivity index (χ3v) is 3.30. The molecule has 1 saturated carbocycles. The van der Waals surface area contributed by atoms with Crippen molar-refractivity contribution in [2.24, 2.45) is 5.92 Å². The van der Waals surface area contributed by atoms with Gasteiger partial charge in [-0.3, -0.25) is 4.79 Å². The molecule has 68 valence electrons. The molecule has 0 bridgehead atoms. The summed E-state index contributed by atoms with van der Waals surface area (Å²) in [6.45, 7) is 2.16. The van der Waals surface area contributed by atoms with Gasteiger partial charge in [0.15, 0.2) is 0 Å². The maximum atomic E-state index is 11.1. The molecule has 2 aliphatic rings. The summed E-state index contributed by atoms with van der Waals surface area (Å²) >= 11 is 0. The van der Waals surface area contributed by atoms with Crippen LogP contribution in [0, 0.1) is 5.92 Å². The molecule has 12 heavy (non-hydrogen) atoms. The average molecular weight is 168 g/mol. The van der Waals surface area contributed by atoms with Crippen LogP contribution in [0.3, 0.4) is 0 Å². The van der Waals surface area contributed by atoms with E-state index in [9.17, 15) is 4.79 Å². The zero-order valence-corrected chi connectivity index (χ0v) is 7.64. The molecule has 0 spiro atoms. The zero-order chi connectivity index (χ0) is 8.60. The molecule has 2 rings (SSSR count). The minimum absolute atomic E-state index is 0.0220. The summed E-state index contributed by atoms with van der Waals surface area (Å²) in [7, 11) is 0. The predicted octanol–water partition coefficient (Wildman–Crippen LogP) is 2.27. The van der Waals surface area contributed by atoms with Crippen molar-refractivity contribution < 1.29 is 9.53 Å². The van der Waals surface area contributed by atoms with Crippen LogP contribution in [0.5, 0.6) is 0 Å². The monoisotopic (exact) mass is 168 g/mol. The number of ether oxygens (including phenoxy) is 1. The van der Waals surface area contributed by atoms with Crippen molar-refractivity contribution in [3.05, 3.63) is 0 Å². The number of carbonyl (C=O) groups excluding carboxylic acids is 1. The smallest absolute Gasteiger partial charge is 0.306 e. The van der Waals surface area contributed by atoms with E-state index in [-0.39, 0.29) is 11.6 Å². The Hall–Kier alpha value is -0.530. The second kappa shape index (κ2) is 2.75. The summed E-state index contributed by atoms with van der Waals surface area (Å²) in [6, 6.07) is 0. The molecule has 0 aromatic rings. The third-order valence-electron chi connectivity index (χ3n) is 3.30. The van der Waals surface area contributed by atoms with Crippen LogP contribution in [0.2, 0.25) is 0 Å². The lowest BCUT2D eigenvalue weighted by Gasteiger charge is -2.26. The quantitative estimate of drug-likeness (QED) is 0.591. The topological polar surface area (TPSA) is 26.3 Å². The summed E-state index contributed by atoms with van der Waals surface area (Å²) in [5, 5.41) is 0. The summed E-state index contributed by atoms with van der Waals surface area (Å²) in [5.41, 5.74) is -0.0220. The van der Waals surface area contributed by atoms with Crippen molar-refractivity contribution in [1.29, 1.82) is 0 Å². The van der Waals surface area contributed by atoms with Crippen molar-refractivity contribution in [2.45, 2.75) is 51.0 Å². The zero-order valence-electron chi connectivity index (χ0n) is 7.64. The Morgan fingerprint density at radius 3 is 3.25 bits per heavy atom. The SMILES string of the molecule is CCC[C@@]12CCC[C@@H]1CC(=O)O2. The van der Waals surface area contributed by atoms with Crippen molar-refractivity contribution in [3.63, 3.8) is 0 Å². The fraction of sp³-hybridized carbons (Fsp3) is 0.900. The van der Waals surface area contributed by atoms with Crippen LogP contribution >= 0.6 is 0 Å². The molecule has 0 aromatic heterocycles. The summed E-state index contributed by atoms with van der Waals surface area (Å²) < 4.78 is 5.47. The first-order valence-corrected chi connectivity index (χ1v) is 4.99. The largest absolute Gasteiger partial charge is 0.459 e. The third kappa shape index (κ3) is 1.05. The van der Waals surface area contributed by atoms with Crippen LogP contribution in [0.15, 0.2) is 0 Å². The van der Waals surface area contributed by atoms with E-state index in [0.717, 1.165) is 19.3 Å². The lowest BCUT2D eigenvalue weighted by Crippen LogP contribution is -2.30. The van der Waals surface area contributed by atoms with Crippen LogP contribution in [-0.2, 0) is 9.53 Å². The van der Waals surface area contributed by atoms with Gasteiger partial charge in [-0.2, -0.15) is 0 Å². The van der Waals surface area contributed by atoms with E-state index in [0.29, 0.717) is 12.3 Å². The number of fused-ring (bicyclic) bond motifs is 1. The van der Waals surface area contributed by atoms with Crippen molar-refractivity contribution >= 4 is 5.97 Å². The normalized spacial score (nSPS) is 39.8. The lowest BCUT2D eigenvalue weighted by molar-refractivity contribution is -0.149. The number of hydrogen-bond donors (Lipinski definition) is 0. The van der Waals surface area contributed by atoms with E-state index in [4.69, 9.17) is 4.74 Å². The first kappa shape index (κ1) is 8.09. The van der Waals surface area contributed by atoms with Gasteiger partial charge in [0.05, 0.1) is 6.42 Å². The molecule has 1 aliphatic heterocycles. The van der Waals surface area contributed by atoms with E-state index in [1.54, 1.807) is 0 Å². The maximum Gasteiger partial charge on any atom is 0.306 e. The van der Waals surface area contributed by atoms with Crippen LogP contribution in [0.25, 0.3) is 0 Å². The first-order valence-electron chi connectivity index (χ1n) is 4.99. The highest BCUT2D eigenvalue weighted by atomic mass is 16.6. The Morgan fingerprint density at radius 2 is 2.50 bits per heavy atom. The van der Waals surface area contributed by atoms with Gasteiger partial charge in [-0.25, -0.2) is 0 Å². The van der Waals surface area contributed by atoms with E-state index in [1.165, 1.54) is 12.8 Å². The minimum atomic E-state index is -0.0220. The Kier molecular flexibility index (Phi) is 1.85. The lowest BCUT2D eigenvalue weighted by atomic mass is 9.87. The van der Waals surface area contributed by atoms with E-state index in [2.05, 4.69) is 6.92 Å². The second-order valence-corrected chi connectivity index (χ2v) is 4.08. The number of esters is 1. The molecule has 2 atom stereocenters. The Balaban J connectivity index is 2.14. The van der Waals surface area contributed by atoms with Crippen molar-refractivity contribution in [2.75, 3.05) is 0 Å². The van der Waals surface area contributed by atoms with E-state index >= 15 is 0 Å². The predicted molar refractivity (Wildman–Crippen MR) is 45.7 cm³/mol. The highest BCUT2D eigenvalue weighted by molar-refractivity contribution is 5.73. The van der Waals surface area contributed by atoms with Gasteiger partial charge in [0.1, 0.15) is 5.60 Å². The number of carbonyl (C=O) groups is 1. The molecule has 2 fully saturated rings. The van der Waals surface area contributed by atoms with Gasteiger partial charge >= 0.3 is 5.97 Å². The summed E-state index contributed by atoms with van der Waals surface area (Å²) in [6.07, 6.45) is 6.44. The minimum Gasteiger partial charge on any atom is -0.459 e. The molecule has 2 nitrogen and oxygen atoms in total. The van der Waals surface area contributed by atoms with Gasteiger partial charge in [0.2, 0.25) is 0 Å². The highest BCUT2D eigenvalue weighted by Gasteiger charge is 2.50. The van der Waals surface area contributed by atoms with Crippen molar-refractivity contribution in [3.8, 4) is 0 Å². The molecular formula is C10H16O2. The van der Waals surface area contributed by atoms with Crippen LogP contribution in [0.4, 0.5) is 0 Å². The van der Waals surface area contributed by atoms with Crippen LogP contribution < -0.4 is 0 Å². The fourth-order valence-corrected chi connectivity index (χ4v) is 2.81. The molecule has 2 heteroatoms. The van der Waals surface area contributed by atoms with Gasteiger partial charge in [0.25, 0.3) is 0 Å². The molecule has 1 saturated heterocycles. The van der Waals surface area contributed by atoms with E-state index in [1.807, 2.05) is 0 Å². The first-order chi connectivity index (χ1) is 5.77. The van der Waals surface area contributed by atoms with Gasteiger partial charge in [-0.05, 0) is 25.7 Å². The Bertz CT molecular complexity index is 200. The average Bonchev–Trinajstić information content (AvgIpc) is 2.44. The summed E-state index contributed by atoms with van der Waals surface area (Å²) in [5.74, 6) is 0.582. The fourth-order valence-electron chi connectivity index (χ4n) is 2.81. The maximum absolute atomic E-state index is 11.1. The number of rotatable bonds is 2. The molecule has 0 N–H and O–H groups in total. The second-order valence-electron chi connectivity index (χ2n) is 4.08. The van der Waals surface area contributed by atoms with Gasteiger partial charge in [-0.15, -0.1) is 0 Å². The molecule has 0 amide bonds. The molecule has 0 unspecified atom stereocenters. The standard InChI is InChI=1S/C10H16O2/c1-2-5-10-6-3-4-8(10)7-9(11)12-10/h8H,2-7H2,1H3/t8-,10-/m1/s1. The number of hydrogen-bond acceptors (Lipinski definition) is 2. The van der Waals surface area contributed by atoms with Gasteiger partial charge in [-0.1, -0.05) is 13.3 Å². The molecule has 1 heterocycles. The van der Waals surface area contributed by atoms with Gasteiger partial charge in [0, 0.05) is 5.92 Å². The van der Waals surface area contributed by atoms with Crippen LogP contribution in [-0.4, -0.2) is 11.6 Å². The van der Waals surface area contributed by atoms with Crippen LogP contribution in [0.1, 0.15) is 45.4 Å².